The Morgan fingerprint density at radius 2 is 1.90 bits per heavy atom. The molecule has 8 heteroatoms. The first-order valence-corrected chi connectivity index (χ1v) is 9.27. The topological polar surface area (TPSA) is 101 Å². The monoisotopic (exact) mass is 390 g/mol. The number of benzene rings is 2. The molecule has 0 bridgehead atoms. The van der Waals surface area contributed by atoms with E-state index in [0.29, 0.717) is 17.4 Å². The summed E-state index contributed by atoms with van der Waals surface area (Å²) in [6.45, 7) is 5.97. The molecule has 148 valence electrons. The third-order valence-electron chi connectivity index (χ3n) is 4.48. The molecule has 0 radical (unpaired) electrons. The van der Waals surface area contributed by atoms with Crippen LogP contribution in [0.3, 0.4) is 0 Å². The first-order chi connectivity index (χ1) is 13.8. The number of nitrogens with two attached hydrogens (primary N) is 1. The van der Waals surface area contributed by atoms with E-state index in [2.05, 4.69) is 15.4 Å². The number of hydrogen-bond donors (Lipinski definition) is 1. The second-order valence-corrected chi connectivity index (χ2v) is 7.91. The summed E-state index contributed by atoms with van der Waals surface area (Å²) < 4.78 is 1.78. The Morgan fingerprint density at radius 1 is 1.14 bits per heavy atom. The van der Waals surface area contributed by atoms with E-state index in [-0.39, 0.29) is 5.82 Å². The summed E-state index contributed by atoms with van der Waals surface area (Å²) in [5.41, 5.74) is 8.73. The van der Waals surface area contributed by atoms with Gasteiger partial charge in [0.05, 0.1) is 18.2 Å². The Morgan fingerprint density at radius 3 is 2.62 bits per heavy atom. The molecule has 2 N–H and O–H groups in total. The van der Waals surface area contributed by atoms with Crippen LogP contribution in [0, 0.1) is 5.41 Å². The van der Waals surface area contributed by atoms with Gasteiger partial charge < -0.3 is 10.6 Å². The second kappa shape index (κ2) is 7.05. The van der Waals surface area contributed by atoms with Crippen molar-refractivity contribution < 1.29 is 9.63 Å². The average molecular weight is 390 g/mol. The first-order valence-electron chi connectivity index (χ1n) is 9.27. The van der Waals surface area contributed by atoms with E-state index in [1.54, 1.807) is 31.5 Å². The summed E-state index contributed by atoms with van der Waals surface area (Å²) in [6.07, 6.45) is 1.88. The Bertz CT molecular complexity index is 1170. The Labute approximate surface area is 167 Å². The number of carbonyl (C=O) groups is 1. The summed E-state index contributed by atoms with van der Waals surface area (Å²) in [5, 5.41) is 13.3. The lowest BCUT2D eigenvalue weighted by Crippen LogP contribution is -2.31. The van der Waals surface area contributed by atoms with E-state index in [1.165, 1.54) is 4.85 Å². The molecule has 4 aromatic rings. The summed E-state index contributed by atoms with van der Waals surface area (Å²) in [4.78, 5) is 18.7. The number of hydrogen-bond acceptors (Lipinski definition) is 6. The van der Waals surface area contributed by atoms with Gasteiger partial charge in [0.1, 0.15) is 11.2 Å². The zero-order chi connectivity index (χ0) is 20.6. The van der Waals surface area contributed by atoms with Crippen LogP contribution in [0.5, 0.6) is 0 Å². The van der Waals surface area contributed by atoms with Crippen LogP contribution in [0.15, 0.2) is 54.7 Å². The van der Waals surface area contributed by atoms with Crippen molar-refractivity contribution in [3.05, 3.63) is 60.3 Å². The lowest BCUT2D eigenvalue weighted by molar-refractivity contribution is -0.154. The molecule has 0 aliphatic rings. The zero-order valence-electron chi connectivity index (χ0n) is 16.5. The predicted molar refractivity (Wildman–Crippen MR) is 110 cm³/mol. The van der Waals surface area contributed by atoms with Gasteiger partial charge in [0, 0.05) is 10.9 Å². The molecule has 2 heterocycles. The molecule has 0 amide bonds. The van der Waals surface area contributed by atoms with E-state index in [4.69, 9.17) is 10.6 Å². The molecule has 0 spiro atoms. The van der Waals surface area contributed by atoms with E-state index < -0.39 is 11.4 Å². The molecule has 4 rings (SSSR count). The molecule has 2 aromatic heterocycles. The highest BCUT2D eigenvalue weighted by molar-refractivity contribution is 5.92. The lowest BCUT2D eigenvalue weighted by Gasteiger charge is -2.15. The van der Waals surface area contributed by atoms with Gasteiger partial charge in [-0.25, -0.2) is 9.48 Å². The fourth-order valence-electron chi connectivity index (χ4n) is 2.84. The molecule has 0 aliphatic carbocycles. The molecule has 2 aromatic carbocycles. The smallest absolute Gasteiger partial charge is 0.340 e. The normalized spacial score (nSPS) is 11.7. The fraction of sp³-hybridized carbons (Fsp3) is 0.238. The minimum Gasteiger partial charge on any atom is -0.382 e. The van der Waals surface area contributed by atoms with Crippen LogP contribution >= 0.6 is 0 Å². The first kappa shape index (κ1) is 18.7. The highest BCUT2D eigenvalue weighted by Crippen LogP contribution is 2.27. The zero-order valence-corrected chi connectivity index (χ0v) is 16.5. The van der Waals surface area contributed by atoms with E-state index in [1.807, 2.05) is 48.7 Å². The molecule has 0 fully saturated rings. The standard InChI is InChI=1S/C21H22N6O2/c1-21(2,3)20(28)29-27-18-10-9-15(11-16(18)19(22)24-27)17-13-26(25-23-17)12-14-7-5-4-6-8-14/h4-11,13H,12H2,1-3H3,(H2,22,24). The van der Waals surface area contributed by atoms with Crippen LogP contribution < -0.4 is 10.6 Å². The van der Waals surface area contributed by atoms with Crippen LogP contribution in [0.25, 0.3) is 22.2 Å². The largest absolute Gasteiger partial charge is 0.382 e. The van der Waals surface area contributed by atoms with Gasteiger partial charge in [0.25, 0.3) is 0 Å². The fourth-order valence-corrected chi connectivity index (χ4v) is 2.84. The van der Waals surface area contributed by atoms with Crippen molar-refractivity contribution in [2.45, 2.75) is 27.3 Å². The minimum absolute atomic E-state index is 0.278. The number of fused-ring (bicyclic) bond motifs is 1. The lowest BCUT2D eigenvalue weighted by atomic mass is 9.98. The number of aromatic nitrogens is 5. The van der Waals surface area contributed by atoms with Crippen molar-refractivity contribution in [1.29, 1.82) is 0 Å². The van der Waals surface area contributed by atoms with Gasteiger partial charge in [-0.2, -0.15) is 0 Å². The van der Waals surface area contributed by atoms with Crippen molar-refractivity contribution in [2.24, 2.45) is 5.41 Å². The quantitative estimate of drug-likeness (QED) is 0.575. The molecule has 0 saturated heterocycles. The van der Waals surface area contributed by atoms with Gasteiger partial charge in [-0.1, -0.05) is 46.5 Å². The molecule has 8 nitrogen and oxygen atoms in total. The van der Waals surface area contributed by atoms with Gasteiger partial charge in [-0.15, -0.1) is 10.2 Å². The summed E-state index contributed by atoms with van der Waals surface area (Å²) >= 11 is 0. The summed E-state index contributed by atoms with van der Waals surface area (Å²) in [7, 11) is 0. The van der Waals surface area contributed by atoms with Crippen LogP contribution in [-0.4, -0.2) is 30.9 Å². The maximum Gasteiger partial charge on any atom is 0.340 e. The average Bonchev–Trinajstić information content (AvgIpc) is 3.27. The molecule has 0 atom stereocenters. The van der Waals surface area contributed by atoms with Crippen LogP contribution in [0.4, 0.5) is 5.82 Å². The van der Waals surface area contributed by atoms with Gasteiger partial charge in [0.15, 0.2) is 5.82 Å². The Balaban J connectivity index is 1.61. The van der Waals surface area contributed by atoms with Gasteiger partial charge >= 0.3 is 5.97 Å². The number of nitrogens with zero attached hydrogens (tertiary/aromatic N) is 5. The predicted octanol–water partition coefficient (Wildman–Crippen LogP) is 2.93. The third-order valence-corrected chi connectivity index (χ3v) is 4.48. The second-order valence-electron chi connectivity index (χ2n) is 7.91. The maximum absolute atomic E-state index is 12.2. The van der Waals surface area contributed by atoms with Gasteiger partial charge in [-0.3, -0.25) is 0 Å². The number of nitrogen functional groups attached to an aromatic ring is 1. The molecule has 0 unspecified atom stereocenters. The van der Waals surface area contributed by atoms with Crippen molar-refractivity contribution in [3.63, 3.8) is 0 Å². The Hall–Kier alpha value is -3.68. The Kier molecular flexibility index (Phi) is 4.54. The molecule has 0 aliphatic heterocycles. The highest BCUT2D eigenvalue weighted by atomic mass is 16.7. The molecule has 29 heavy (non-hydrogen) atoms. The van der Waals surface area contributed by atoms with E-state index in [0.717, 1.165) is 16.8 Å². The van der Waals surface area contributed by atoms with Crippen molar-refractivity contribution in [2.75, 3.05) is 5.73 Å². The number of rotatable bonds is 4. The van der Waals surface area contributed by atoms with Gasteiger partial charge in [-0.05, 0) is 38.5 Å². The van der Waals surface area contributed by atoms with Crippen molar-refractivity contribution in [1.82, 2.24) is 24.9 Å². The number of carbonyl (C=O) groups excluding carboxylic acids is 1. The molecule has 0 saturated carbocycles. The minimum atomic E-state index is -0.649. The van der Waals surface area contributed by atoms with Crippen LogP contribution in [0.2, 0.25) is 0 Å². The highest BCUT2D eigenvalue weighted by Gasteiger charge is 2.25. The molecular weight excluding hydrogens is 368 g/mol. The molecular formula is C21H22N6O2. The SMILES string of the molecule is CC(C)(C)C(=O)On1nc(N)c2cc(-c3cn(Cc4ccccc4)nn3)ccc21. The van der Waals surface area contributed by atoms with Crippen molar-refractivity contribution >= 4 is 22.7 Å². The maximum atomic E-state index is 12.2. The van der Waals surface area contributed by atoms with E-state index in [9.17, 15) is 4.79 Å². The van der Waals surface area contributed by atoms with E-state index >= 15 is 0 Å². The third kappa shape index (κ3) is 3.82. The van der Waals surface area contributed by atoms with Crippen LogP contribution in [-0.2, 0) is 11.3 Å². The van der Waals surface area contributed by atoms with Crippen molar-refractivity contribution in [3.8, 4) is 11.3 Å². The van der Waals surface area contributed by atoms with Gasteiger partial charge in [0.2, 0.25) is 0 Å². The number of anilines is 1. The summed E-state index contributed by atoms with van der Waals surface area (Å²) in [5.74, 6) is -0.116. The van der Waals surface area contributed by atoms with Crippen LogP contribution in [0.1, 0.15) is 26.3 Å². The summed E-state index contributed by atoms with van der Waals surface area (Å²) in [6, 6.07) is 15.6.